The second-order valence-corrected chi connectivity index (χ2v) is 9.07. The fraction of sp³-hybridized carbons (Fsp3) is 0.385. The zero-order chi connectivity index (χ0) is 17.1. The van der Waals surface area contributed by atoms with E-state index in [-0.39, 0.29) is 5.41 Å². The van der Waals surface area contributed by atoms with E-state index in [1.165, 1.54) is 42.9 Å². The zero-order valence-electron chi connectivity index (χ0n) is 15.3. The van der Waals surface area contributed by atoms with Crippen LogP contribution in [0.4, 0.5) is 0 Å². The monoisotopic (exact) mass is 338 g/mol. The Balaban J connectivity index is 1.67. The molecule has 4 bridgehead atoms. The lowest BCUT2D eigenvalue weighted by atomic mass is 9.42. The van der Waals surface area contributed by atoms with E-state index in [2.05, 4.69) is 72.8 Å². The Labute approximate surface area is 156 Å². The standard InChI is InChI=1S/C26H26/c1-2-9-21(10-3-1)26(22-14-18-13-19(16-22)17-23(26)15-18)25-12-6-8-20-7-4-5-11-24(20)25/h1-12,18-19,22-23H,13-17H2. The lowest BCUT2D eigenvalue weighted by molar-refractivity contribution is -0.0412. The van der Waals surface area contributed by atoms with Crippen LogP contribution in [0, 0.1) is 23.7 Å². The van der Waals surface area contributed by atoms with Crippen LogP contribution >= 0.6 is 0 Å². The van der Waals surface area contributed by atoms with Gasteiger partial charge in [-0.3, -0.25) is 0 Å². The molecule has 0 unspecified atom stereocenters. The Morgan fingerprint density at radius 3 is 1.92 bits per heavy atom. The molecule has 0 heterocycles. The van der Waals surface area contributed by atoms with Gasteiger partial charge < -0.3 is 0 Å². The molecule has 0 heteroatoms. The molecule has 0 radical (unpaired) electrons. The molecule has 0 saturated heterocycles. The average Bonchev–Trinajstić information content (AvgIpc) is 2.68. The maximum Gasteiger partial charge on any atom is 0.0265 e. The maximum atomic E-state index is 2.46. The highest BCUT2D eigenvalue weighted by Crippen LogP contribution is 2.65. The summed E-state index contributed by atoms with van der Waals surface area (Å²) < 4.78 is 0. The molecule has 130 valence electrons. The van der Waals surface area contributed by atoms with Crippen LogP contribution in [-0.4, -0.2) is 0 Å². The fourth-order valence-electron chi connectivity index (χ4n) is 7.29. The largest absolute Gasteiger partial charge is 0.0622 e. The summed E-state index contributed by atoms with van der Waals surface area (Å²) in [5, 5.41) is 2.88. The van der Waals surface area contributed by atoms with Gasteiger partial charge in [0.15, 0.2) is 0 Å². The molecule has 0 nitrogen and oxygen atoms in total. The van der Waals surface area contributed by atoms with Gasteiger partial charge in [0, 0.05) is 5.41 Å². The maximum absolute atomic E-state index is 2.46. The minimum absolute atomic E-state index is 0.218. The summed E-state index contributed by atoms with van der Waals surface area (Å²) in [7, 11) is 0. The number of benzene rings is 3. The Morgan fingerprint density at radius 1 is 0.577 bits per heavy atom. The van der Waals surface area contributed by atoms with Gasteiger partial charge in [0.05, 0.1) is 0 Å². The van der Waals surface area contributed by atoms with Gasteiger partial charge in [0.2, 0.25) is 0 Å². The van der Waals surface area contributed by atoms with Crippen LogP contribution in [0.25, 0.3) is 10.8 Å². The summed E-state index contributed by atoms with van der Waals surface area (Å²) in [6.07, 6.45) is 7.25. The van der Waals surface area contributed by atoms with Gasteiger partial charge in [-0.1, -0.05) is 72.8 Å². The topological polar surface area (TPSA) is 0 Å². The van der Waals surface area contributed by atoms with E-state index in [9.17, 15) is 0 Å². The van der Waals surface area contributed by atoms with Crippen molar-refractivity contribution in [3.05, 3.63) is 83.9 Å². The smallest absolute Gasteiger partial charge is 0.0265 e. The van der Waals surface area contributed by atoms with Gasteiger partial charge in [-0.2, -0.15) is 0 Å². The summed E-state index contributed by atoms with van der Waals surface area (Å²) in [6, 6.07) is 27.6. The van der Waals surface area contributed by atoms with Crippen LogP contribution in [0.3, 0.4) is 0 Å². The lowest BCUT2D eigenvalue weighted by Gasteiger charge is -2.62. The summed E-state index contributed by atoms with van der Waals surface area (Å²) in [5.74, 6) is 3.60. The van der Waals surface area contributed by atoms with Gasteiger partial charge >= 0.3 is 0 Å². The van der Waals surface area contributed by atoms with Gasteiger partial charge in [-0.25, -0.2) is 0 Å². The van der Waals surface area contributed by atoms with Gasteiger partial charge in [0.25, 0.3) is 0 Å². The Hall–Kier alpha value is -2.08. The molecule has 0 spiro atoms. The van der Waals surface area contributed by atoms with Crippen LogP contribution in [0.2, 0.25) is 0 Å². The van der Waals surface area contributed by atoms with Gasteiger partial charge in [-0.15, -0.1) is 0 Å². The molecule has 26 heavy (non-hydrogen) atoms. The van der Waals surface area contributed by atoms with E-state index in [0.717, 1.165) is 23.7 Å². The van der Waals surface area contributed by atoms with Crippen molar-refractivity contribution in [2.45, 2.75) is 37.5 Å². The molecule has 7 rings (SSSR count). The first-order valence-corrected chi connectivity index (χ1v) is 10.4. The second-order valence-electron chi connectivity index (χ2n) is 9.07. The van der Waals surface area contributed by atoms with Crippen LogP contribution in [0.15, 0.2) is 72.8 Å². The first-order chi connectivity index (χ1) is 12.9. The van der Waals surface area contributed by atoms with Crippen molar-refractivity contribution in [2.75, 3.05) is 0 Å². The predicted molar refractivity (Wildman–Crippen MR) is 108 cm³/mol. The highest BCUT2D eigenvalue weighted by molar-refractivity contribution is 5.87. The van der Waals surface area contributed by atoms with E-state index in [1.807, 2.05) is 0 Å². The Morgan fingerprint density at radius 2 is 1.19 bits per heavy atom. The Bertz CT molecular complexity index is 919. The normalized spacial score (nSPS) is 35.1. The number of rotatable bonds is 2. The number of fused-ring (bicyclic) bond motifs is 1. The third-order valence-corrected chi connectivity index (χ3v) is 7.91. The van der Waals surface area contributed by atoms with Crippen molar-refractivity contribution < 1.29 is 0 Å². The number of hydrogen-bond donors (Lipinski definition) is 0. The van der Waals surface area contributed by atoms with Crippen LogP contribution in [-0.2, 0) is 5.41 Å². The van der Waals surface area contributed by atoms with E-state index in [0.29, 0.717) is 0 Å². The van der Waals surface area contributed by atoms with Crippen molar-refractivity contribution in [3.63, 3.8) is 0 Å². The van der Waals surface area contributed by atoms with Crippen molar-refractivity contribution in [1.29, 1.82) is 0 Å². The van der Waals surface area contributed by atoms with Crippen LogP contribution in [0.1, 0.15) is 43.2 Å². The molecule has 4 aliphatic rings. The predicted octanol–water partition coefficient (Wildman–Crippen LogP) is 6.58. The Kier molecular flexibility index (Phi) is 3.15. The highest BCUT2D eigenvalue weighted by atomic mass is 14.6. The average molecular weight is 338 g/mol. The number of hydrogen-bond acceptors (Lipinski definition) is 0. The third-order valence-electron chi connectivity index (χ3n) is 7.91. The molecular formula is C26H26. The molecule has 4 aliphatic carbocycles. The van der Waals surface area contributed by atoms with Gasteiger partial charge in [0.1, 0.15) is 0 Å². The van der Waals surface area contributed by atoms with Crippen molar-refractivity contribution in [1.82, 2.24) is 0 Å². The van der Waals surface area contributed by atoms with E-state index >= 15 is 0 Å². The minimum Gasteiger partial charge on any atom is -0.0622 e. The molecule has 0 aliphatic heterocycles. The molecule has 0 aromatic heterocycles. The molecule has 0 atom stereocenters. The summed E-state index contributed by atoms with van der Waals surface area (Å²) in [5.41, 5.74) is 3.40. The third kappa shape index (κ3) is 1.91. The zero-order valence-corrected chi connectivity index (χ0v) is 15.3. The SMILES string of the molecule is c1ccc(C2(c3cccc4ccccc34)C3CC4CC(C3)CC2C4)cc1. The van der Waals surface area contributed by atoms with Crippen molar-refractivity contribution >= 4 is 10.8 Å². The van der Waals surface area contributed by atoms with Crippen molar-refractivity contribution in [2.24, 2.45) is 23.7 Å². The first kappa shape index (κ1) is 15.0. The summed E-state index contributed by atoms with van der Waals surface area (Å²) in [4.78, 5) is 0. The minimum atomic E-state index is 0.218. The van der Waals surface area contributed by atoms with Crippen LogP contribution in [0.5, 0.6) is 0 Å². The first-order valence-electron chi connectivity index (χ1n) is 10.4. The molecule has 4 saturated carbocycles. The van der Waals surface area contributed by atoms with Crippen LogP contribution < -0.4 is 0 Å². The van der Waals surface area contributed by atoms with E-state index < -0.39 is 0 Å². The molecule has 4 fully saturated rings. The summed E-state index contributed by atoms with van der Waals surface area (Å²) >= 11 is 0. The molecule has 3 aromatic carbocycles. The quantitative estimate of drug-likeness (QED) is 0.495. The molecular weight excluding hydrogens is 312 g/mol. The molecule has 3 aromatic rings. The van der Waals surface area contributed by atoms with E-state index in [1.54, 1.807) is 11.1 Å². The highest BCUT2D eigenvalue weighted by Gasteiger charge is 2.58. The molecule has 0 amide bonds. The van der Waals surface area contributed by atoms with E-state index in [4.69, 9.17) is 0 Å². The fourth-order valence-corrected chi connectivity index (χ4v) is 7.29. The van der Waals surface area contributed by atoms with Gasteiger partial charge in [-0.05, 0) is 77.7 Å². The summed E-state index contributed by atoms with van der Waals surface area (Å²) in [6.45, 7) is 0. The van der Waals surface area contributed by atoms with Crippen molar-refractivity contribution in [3.8, 4) is 0 Å². The lowest BCUT2D eigenvalue weighted by Crippen LogP contribution is -2.56. The second kappa shape index (κ2) is 5.46. The molecule has 0 N–H and O–H groups in total.